The molecule has 1 unspecified atom stereocenters. The van der Waals surface area contributed by atoms with Crippen molar-refractivity contribution in [2.24, 2.45) is 0 Å². The molecule has 0 bridgehead atoms. The number of aryl methyl sites for hydroxylation is 1. The fraction of sp³-hybridized carbons (Fsp3) is 0.333. The number of anilines is 2. The van der Waals surface area contributed by atoms with Crippen molar-refractivity contribution in [3.63, 3.8) is 0 Å². The van der Waals surface area contributed by atoms with Gasteiger partial charge in [-0.25, -0.2) is 0 Å². The second-order valence-electron chi connectivity index (χ2n) is 5.97. The average molecular weight is 266 g/mol. The summed E-state index contributed by atoms with van der Waals surface area (Å²) in [6.45, 7) is 4.46. The summed E-state index contributed by atoms with van der Waals surface area (Å²) in [5.74, 6) is 0.562. The van der Waals surface area contributed by atoms with Crippen LogP contribution in [0.1, 0.15) is 48.9 Å². The number of fused-ring (bicyclic) bond motifs is 1. The van der Waals surface area contributed by atoms with E-state index in [-0.39, 0.29) is 0 Å². The standard InChI is InChI=1S/C18H22N2/c1-12(2)13-4-3-5-16(11-13)20-18-9-6-14-10-15(19)7-8-17(14)18/h3-5,7-8,10-12,18,20H,6,9,19H2,1-2H3. The highest BCUT2D eigenvalue weighted by Gasteiger charge is 2.22. The van der Waals surface area contributed by atoms with E-state index in [0.29, 0.717) is 12.0 Å². The number of nitrogens with two attached hydrogens (primary N) is 1. The predicted octanol–water partition coefficient (Wildman–Crippen LogP) is 4.49. The third kappa shape index (κ3) is 2.51. The van der Waals surface area contributed by atoms with Gasteiger partial charge < -0.3 is 11.1 Å². The van der Waals surface area contributed by atoms with E-state index in [1.165, 1.54) is 22.4 Å². The maximum Gasteiger partial charge on any atom is 0.0519 e. The molecule has 1 atom stereocenters. The lowest BCUT2D eigenvalue weighted by Crippen LogP contribution is -2.07. The molecule has 3 rings (SSSR count). The van der Waals surface area contributed by atoms with E-state index < -0.39 is 0 Å². The Bertz CT molecular complexity index is 617. The van der Waals surface area contributed by atoms with Crippen molar-refractivity contribution in [1.82, 2.24) is 0 Å². The third-order valence-electron chi connectivity index (χ3n) is 4.14. The number of hydrogen-bond donors (Lipinski definition) is 2. The van der Waals surface area contributed by atoms with Gasteiger partial charge in [0.1, 0.15) is 0 Å². The molecule has 0 radical (unpaired) electrons. The van der Waals surface area contributed by atoms with Gasteiger partial charge in [-0.2, -0.15) is 0 Å². The van der Waals surface area contributed by atoms with Crippen molar-refractivity contribution in [2.45, 2.75) is 38.6 Å². The Morgan fingerprint density at radius 3 is 2.80 bits per heavy atom. The number of hydrogen-bond acceptors (Lipinski definition) is 2. The fourth-order valence-electron chi connectivity index (χ4n) is 2.98. The van der Waals surface area contributed by atoms with Crippen molar-refractivity contribution in [3.8, 4) is 0 Å². The molecule has 0 amide bonds. The lowest BCUT2D eigenvalue weighted by Gasteiger charge is -2.17. The first-order valence-electron chi connectivity index (χ1n) is 7.38. The van der Waals surface area contributed by atoms with E-state index in [1.807, 2.05) is 6.07 Å². The van der Waals surface area contributed by atoms with Crippen molar-refractivity contribution in [2.75, 3.05) is 11.1 Å². The highest BCUT2D eigenvalue weighted by molar-refractivity contribution is 5.53. The van der Waals surface area contributed by atoms with Crippen LogP contribution in [0.15, 0.2) is 42.5 Å². The minimum atomic E-state index is 0.410. The maximum atomic E-state index is 5.86. The number of nitrogens with one attached hydrogen (secondary N) is 1. The number of nitrogen functional groups attached to an aromatic ring is 1. The molecular formula is C18H22N2. The van der Waals surface area contributed by atoms with Crippen LogP contribution in [0.25, 0.3) is 0 Å². The fourth-order valence-corrected chi connectivity index (χ4v) is 2.98. The van der Waals surface area contributed by atoms with Crippen molar-refractivity contribution < 1.29 is 0 Å². The van der Waals surface area contributed by atoms with E-state index in [0.717, 1.165) is 18.5 Å². The summed E-state index contributed by atoms with van der Waals surface area (Å²) >= 11 is 0. The SMILES string of the molecule is CC(C)c1cccc(NC2CCc3cc(N)ccc32)c1. The van der Waals surface area contributed by atoms with Crippen molar-refractivity contribution >= 4 is 11.4 Å². The highest BCUT2D eigenvalue weighted by Crippen LogP contribution is 2.35. The molecule has 3 N–H and O–H groups in total. The Morgan fingerprint density at radius 1 is 1.15 bits per heavy atom. The zero-order valence-electron chi connectivity index (χ0n) is 12.2. The van der Waals surface area contributed by atoms with E-state index in [4.69, 9.17) is 5.73 Å². The largest absolute Gasteiger partial charge is 0.399 e. The highest BCUT2D eigenvalue weighted by atomic mass is 14.9. The molecule has 1 aliphatic rings. The minimum Gasteiger partial charge on any atom is -0.399 e. The first-order valence-corrected chi connectivity index (χ1v) is 7.38. The number of benzene rings is 2. The van der Waals surface area contributed by atoms with Crippen LogP contribution in [-0.4, -0.2) is 0 Å². The topological polar surface area (TPSA) is 38.0 Å². The molecule has 0 saturated heterocycles. The van der Waals surface area contributed by atoms with E-state index >= 15 is 0 Å². The van der Waals surface area contributed by atoms with E-state index in [2.05, 4.69) is 55.6 Å². The van der Waals surface area contributed by atoms with Gasteiger partial charge in [0.25, 0.3) is 0 Å². The molecule has 0 aromatic heterocycles. The van der Waals surface area contributed by atoms with Gasteiger partial charge in [0.2, 0.25) is 0 Å². The van der Waals surface area contributed by atoms with Gasteiger partial charge in [-0.1, -0.05) is 32.0 Å². The summed E-state index contributed by atoms with van der Waals surface area (Å²) in [4.78, 5) is 0. The minimum absolute atomic E-state index is 0.410. The molecule has 0 heterocycles. The molecule has 104 valence electrons. The molecule has 2 aromatic carbocycles. The molecule has 0 fully saturated rings. The predicted molar refractivity (Wildman–Crippen MR) is 86.1 cm³/mol. The lowest BCUT2D eigenvalue weighted by molar-refractivity contribution is 0.761. The summed E-state index contributed by atoms with van der Waals surface area (Å²) in [6.07, 6.45) is 2.26. The molecule has 1 aliphatic carbocycles. The molecule has 0 spiro atoms. The molecule has 2 aromatic rings. The van der Waals surface area contributed by atoms with Gasteiger partial charge in [0.05, 0.1) is 6.04 Å². The summed E-state index contributed by atoms with van der Waals surface area (Å²) in [6, 6.07) is 15.4. The van der Waals surface area contributed by atoms with Gasteiger partial charge in [-0.15, -0.1) is 0 Å². The van der Waals surface area contributed by atoms with Crippen LogP contribution >= 0.6 is 0 Å². The van der Waals surface area contributed by atoms with Crippen LogP contribution in [0, 0.1) is 0 Å². The van der Waals surface area contributed by atoms with Gasteiger partial charge >= 0.3 is 0 Å². The van der Waals surface area contributed by atoms with Gasteiger partial charge in [-0.3, -0.25) is 0 Å². The zero-order valence-corrected chi connectivity index (χ0v) is 12.2. The van der Waals surface area contributed by atoms with Crippen molar-refractivity contribution in [1.29, 1.82) is 0 Å². The van der Waals surface area contributed by atoms with Crippen molar-refractivity contribution in [3.05, 3.63) is 59.2 Å². The Balaban J connectivity index is 1.82. The van der Waals surface area contributed by atoms with Crippen LogP contribution in [0.5, 0.6) is 0 Å². The van der Waals surface area contributed by atoms with Gasteiger partial charge in [-0.05, 0) is 59.7 Å². The monoisotopic (exact) mass is 266 g/mol. The molecule has 2 heteroatoms. The quantitative estimate of drug-likeness (QED) is 0.803. The summed E-state index contributed by atoms with van der Waals surface area (Å²) < 4.78 is 0. The Kier molecular flexibility index (Phi) is 3.39. The second kappa shape index (κ2) is 5.20. The molecular weight excluding hydrogens is 244 g/mol. The van der Waals surface area contributed by atoms with Crippen LogP contribution in [0.4, 0.5) is 11.4 Å². The molecule has 2 nitrogen and oxygen atoms in total. The van der Waals surface area contributed by atoms with Crippen LogP contribution in [-0.2, 0) is 6.42 Å². The summed E-state index contributed by atoms with van der Waals surface area (Å²) in [5, 5.41) is 3.67. The van der Waals surface area contributed by atoms with Crippen LogP contribution in [0.3, 0.4) is 0 Å². The normalized spacial score (nSPS) is 17.2. The zero-order chi connectivity index (χ0) is 14.1. The summed E-state index contributed by atoms with van der Waals surface area (Å²) in [5.41, 5.74) is 12.1. The Labute approximate surface area is 121 Å². The Morgan fingerprint density at radius 2 is 2.00 bits per heavy atom. The molecule has 20 heavy (non-hydrogen) atoms. The summed E-state index contributed by atoms with van der Waals surface area (Å²) in [7, 11) is 0. The average Bonchev–Trinajstić information content (AvgIpc) is 2.81. The van der Waals surface area contributed by atoms with E-state index in [1.54, 1.807) is 0 Å². The van der Waals surface area contributed by atoms with Gasteiger partial charge in [0.15, 0.2) is 0 Å². The second-order valence-corrected chi connectivity index (χ2v) is 5.97. The first kappa shape index (κ1) is 13.0. The number of rotatable bonds is 3. The molecule has 0 saturated carbocycles. The Hall–Kier alpha value is -1.96. The first-order chi connectivity index (χ1) is 9.63. The van der Waals surface area contributed by atoms with E-state index in [9.17, 15) is 0 Å². The van der Waals surface area contributed by atoms with Gasteiger partial charge in [0, 0.05) is 11.4 Å². The smallest absolute Gasteiger partial charge is 0.0519 e. The lowest BCUT2D eigenvalue weighted by atomic mass is 10.0. The van der Waals surface area contributed by atoms with Crippen LogP contribution in [0.2, 0.25) is 0 Å². The maximum absolute atomic E-state index is 5.86. The molecule has 0 aliphatic heterocycles. The van der Waals surface area contributed by atoms with Crippen LogP contribution < -0.4 is 11.1 Å². The third-order valence-corrected chi connectivity index (χ3v) is 4.14.